The maximum absolute atomic E-state index is 11.8. The van der Waals surface area contributed by atoms with E-state index in [1.807, 2.05) is 22.6 Å². The van der Waals surface area contributed by atoms with Crippen LogP contribution >= 0.6 is 22.6 Å². The third-order valence-electron chi connectivity index (χ3n) is 2.01. The Kier molecular flexibility index (Phi) is 5.96. The van der Waals surface area contributed by atoms with E-state index < -0.39 is 17.9 Å². The molecule has 98 valence electrons. The first kappa shape index (κ1) is 14.8. The summed E-state index contributed by atoms with van der Waals surface area (Å²) in [7, 11) is 0. The molecule has 1 rings (SSSR count). The van der Waals surface area contributed by atoms with Crippen molar-refractivity contribution < 1.29 is 19.1 Å². The van der Waals surface area contributed by atoms with E-state index in [1.165, 1.54) is 12.5 Å². The Balaban J connectivity index is 3.08. The first-order valence-electron chi connectivity index (χ1n) is 5.40. The van der Waals surface area contributed by atoms with Gasteiger partial charge in [0.1, 0.15) is 6.33 Å². The van der Waals surface area contributed by atoms with Crippen LogP contribution in [0.3, 0.4) is 0 Å². The Hall–Kier alpha value is -1.25. The fourth-order valence-corrected chi connectivity index (χ4v) is 1.92. The summed E-state index contributed by atoms with van der Waals surface area (Å²) in [5, 5.41) is 0. The van der Waals surface area contributed by atoms with E-state index in [1.54, 1.807) is 13.8 Å². The highest BCUT2D eigenvalue weighted by atomic mass is 127. The van der Waals surface area contributed by atoms with Gasteiger partial charge in [-0.1, -0.05) is 0 Å². The molecular weight excluding hydrogens is 351 g/mol. The van der Waals surface area contributed by atoms with Gasteiger partial charge in [0.05, 0.1) is 22.5 Å². The molecule has 0 spiro atoms. The van der Waals surface area contributed by atoms with E-state index in [-0.39, 0.29) is 13.2 Å². The highest BCUT2D eigenvalue weighted by Gasteiger charge is 2.34. The van der Waals surface area contributed by atoms with Gasteiger partial charge in [-0.3, -0.25) is 9.59 Å². The van der Waals surface area contributed by atoms with Crippen molar-refractivity contribution in [1.82, 2.24) is 9.97 Å². The summed E-state index contributed by atoms with van der Waals surface area (Å²) < 4.78 is 10.4. The zero-order chi connectivity index (χ0) is 13.5. The van der Waals surface area contributed by atoms with Crippen LogP contribution in [0.1, 0.15) is 25.5 Å². The highest BCUT2D eigenvalue weighted by Crippen LogP contribution is 2.21. The Bertz CT molecular complexity index is 421. The summed E-state index contributed by atoms with van der Waals surface area (Å²) >= 11 is 1.96. The molecule has 0 radical (unpaired) electrons. The van der Waals surface area contributed by atoms with Crippen LogP contribution in [-0.2, 0) is 19.1 Å². The fourth-order valence-electron chi connectivity index (χ4n) is 1.31. The molecule has 0 atom stereocenters. The van der Waals surface area contributed by atoms with Crippen molar-refractivity contribution in [3.8, 4) is 0 Å². The Morgan fingerprint density at radius 1 is 1.28 bits per heavy atom. The minimum Gasteiger partial charge on any atom is -0.465 e. The second-order valence-electron chi connectivity index (χ2n) is 3.19. The van der Waals surface area contributed by atoms with Crippen LogP contribution in [0.4, 0.5) is 0 Å². The zero-order valence-corrected chi connectivity index (χ0v) is 12.2. The Morgan fingerprint density at radius 3 is 2.28 bits per heavy atom. The number of carbonyl (C=O) groups is 2. The number of nitrogens with zero attached hydrogens (tertiary/aromatic N) is 2. The number of ether oxygens (including phenoxy) is 2. The Morgan fingerprint density at radius 2 is 1.83 bits per heavy atom. The smallest absolute Gasteiger partial charge is 0.326 e. The molecule has 0 saturated heterocycles. The van der Waals surface area contributed by atoms with Crippen molar-refractivity contribution in [1.29, 1.82) is 0 Å². The molecule has 0 saturated carbocycles. The van der Waals surface area contributed by atoms with Crippen LogP contribution in [0.2, 0.25) is 0 Å². The Labute approximate surface area is 118 Å². The largest absolute Gasteiger partial charge is 0.465 e. The van der Waals surface area contributed by atoms with Crippen LogP contribution in [0, 0.1) is 3.57 Å². The van der Waals surface area contributed by atoms with Gasteiger partial charge in [-0.15, -0.1) is 0 Å². The summed E-state index contributed by atoms with van der Waals surface area (Å²) in [5.74, 6) is -2.47. The zero-order valence-electron chi connectivity index (χ0n) is 10.1. The van der Waals surface area contributed by atoms with Crippen LogP contribution in [0.5, 0.6) is 0 Å². The van der Waals surface area contributed by atoms with Crippen molar-refractivity contribution in [3.05, 3.63) is 21.8 Å². The molecule has 0 fully saturated rings. The molecule has 1 aromatic rings. The molecule has 0 amide bonds. The van der Waals surface area contributed by atoms with Crippen LogP contribution in [0.25, 0.3) is 0 Å². The van der Waals surface area contributed by atoms with Crippen molar-refractivity contribution in [2.75, 3.05) is 13.2 Å². The normalized spacial score (nSPS) is 10.2. The average molecular weight is 364 g/mol. The second-order valence-corrected chi connectivity index (χ2v) is 4.36. The number of carbonyl (C=O) groups excluding carboxylic acids is 2. The third-order valence-corrected chi connectivity index (χ3v) is 2.85. The maximum Gasteiger partial charge on any atom is 0.326 e. The molecule has 0 aliphatic heterocycles. The number of rotatable bonds is 5. The third kappa shape index (κ3) is 3.62. The molecule has 0 N–H and O–H groups in total. The first-order valence-corrected chi connectivity index (χ1v) is 6.48. The first-order chi connectivity index (χ1) is 8.61. The van der Waals surface area contributed by atoms with Gasteiger partial charge in [0, 0.05) is 6.20 Å². The molecule has 0 unspecified atom stereocenters. The van der Waals surface area contributed by atoms with Gasteiger partial charge < -0.3 is 9.47 Å². The molecule has 6 nitrogen and oxygen atoms in total. The summed E-state index contributed by atoms with van der Waals surface area (Å²) in [6.07, 6.45) is 2.80. The molecule has 0 bridgehead atoms. The predicted octanol–water partition coefficient (Wildman–Crippen LogP) is 1.29. The lowest BCUT2D eigenvalue weighted by molar-refractivity contribution is -0.157. The van der Waals surface area contributed by atoms with Gasteiger partial charge in [0.25, 0.3) is 0 Å². The summed E-state index contributed by atoms with van der Waals surface area (Å²) in [5.41, 5.74) is 0.308. The van der Waals surface area contributed by atoms with Crippen molar-refractivity contribution in [3.63, 3.8) is 0 Å². The fraction of sp³-hybridized carbons (Fsp3) is 0.455. The quantitative estimate of drug-likeness (QED) is 0.445. The molecule has 0 aliphatic carbocycles. The van der Waals surface area contributed by atoms with E-state index in [0.717, 1.165) is 0 Å². The minimum atomic E-state index is -1.15. The minimum absolute atomic E-state index is 0.191. The summed E-state index contributed by atoms with van der Waals surface area (Å²) in [6.45, 7) is 3.73. The SMILES string of the molecule is CCOC(=O)C(C(=O)OCC)c1ncncc1I. The number of hydrogen-bond acceptors (Lipinski definition) is 6. The second kappa shape index (κ2) is 7.24. The molecule has 1 aromatic heterocycles. The van der Waals surface area contributed by atoms with Gasteiger partial charge in [-0.2, -0.15) is 0 Å². The molecule has 7 heteroatoms. The van der Waals surface area contributed by atoms with E-state index in [2.05, 4.69) is 9.97 Å². The van der Waals surface area contributed by atoms with E-state index in [9.17, 15) is 9.59 Å². The van der Waals surface area contributed by atoms with Gasteiger partial charge in [0.2, 0.25) is 0 Å². The molecular formula is C11H13IN2O4. The summed E-state index contributed by atoms with van der Waals surface area (Å²) in [6, 6.07) is 0. The number of esters is 2. The molecule has 0 aromatic carbocycles. The number of aromatic nitrogens is 2. The number of hydrogen-bond donors (Lipinski definition) is 0. The molecule has 0 aliphatic rings. The van der Waals surface area contributed by atoms with E-state index in [4.69, 9.17) is 9.47 Å². The van der Waals surface area contributed by atoms with Crippen LogP contribution < -0.4 is 0 Å². The van der Waals surface area contributed by atoms with Gasteiger partial charge in [0.15, 0.2) is 5.92 Å². The van der Waals surface area contributed by atoms with Gasteiger partial charge >= 0.3 is 11.9 Å². The van der Waals surface area contributed by atoms with Crippen LogP contribution in [0.15, 0.2) is 12.5 Å². The van der Waals surface area contributed by atoms with Crippen molar-refractivity contribution in [2.45, 2.75) is 19.8 Å². The molecule has 1 heterocycles. The lowest BCUT2D eigenvalue weighted by atomic mass is 10.1. The lowest BCUT2D eigenvalue weighted by Crippen LogP contribution is -2.27. The summed E-state index contributed by atoms with van der Waals surface area (Å²) in [4.78, 5) is 31.4. The van der Waals surface area contributed by atoms with E-state index in [0.29, 0.717) is 9.26 Å². The lowest BCUT2D eigenvalue weighted by Gasteiger charge is -2.14. The van der Waals surface area contributed by atoms with Gasteiger partial charge in [-0.25, -0.2) is 9.97 Å². The number of halogens is 1. The predicted molar refractivity (Wildman–Crippen MR) is 70.8 cm³/mol. The van der Waals surface area contributed by atoms with Crippen LogP contribution in [-0.4, -0.2) is 35.1 Å². The van der Waals surface area contributed by atoms with Crippen molar-refractivity contribution >= 4 is 34.5 Å². The topological polar surface area (TPSA) is 78.4 Å². The molecule has 18 heavy (non-hydrogen) atoms. The monoisotopic (exact) mass is 364 g/mol. The maximum atomic E-state index is 11.8. The van der Waals surface area contributed by atoms with Crippen molar-refractivity contribution in [2.24, 2.45) is 0 Å². The van der Waals surface area contributed by atoms with Gasteiger partial charge in [-0.05, 0) is 36.4 Å². The van der Waals surface area contributed by atoms with E-state index >= 15 is 0 Å². The highest BCUT2D eigenvalue weighted by molar-refractivity contribution is 14.1. The average Bonchev–Trinajstić information content (AvgIpc) is 2.33. The standard InChI is InChI=1S/C11H13IN2O4/c1-3-17-10(15)8(11(16)18-4-2)9-7(12)5-13-6-14-9/h5-6,8H,3-4H2,1-2H3.